The summed E-state index contributed by atoms with van der Waals surface area (Å²) in [5.74, 6) is -1.48. The van der Waals surface area contributed by atoms with E-state index in [1.54, 1.807) is 19.1 Å². The van der Waals surface area contributed by atoms with E-state index < -0.39 is 41.5 Å². The van der Waals surface area contributed by atoms with Crippen molar-refractivity contribution in [2.45, 2.75) is 51.8 Å². The third-order valence-electron chi connectivity index (χ3n) is 5.01. The standard InChI is InChI=1S/C21H20O9.C2H6/c1-9-12(23)6-14(25)21(28-9)30-17-8-16-18(20(27)19(17)26)13(24)7-15(29-16)10-2-4-11(22)5-3-10;1-2/h2-5,7-9,12,14,21-23,25-27H,6H2,1H3;1-2H3/t9-,12?,14+,21?;/m0./s1. The Kier molecular flexibility index (Phi) is 6.93. The molecule has 4 rings (SSSR count). The minimum atomic E-state index is -1.21. The van der Waals surface area contributed by atoms with Crippen molar-refractivity contribution in [1.29, 1.82) is 0 Å². The first-order valence-electron chi connectivity index (χ1n) is 10.2. The normalized spacial score (nSPS) is 22.8. The molecule has 0 amide bonds. The van der Waals surface area contributed by atoms with Crippen molar-refractivity contribution in [3.05, 3.63) is 46.6 Å². The van der Waals surface area contributed by atoms with E-state index >= 15 is 0 Å². The fourth-order valence-corrected chi connectivity index (χ4v) is 3.30. The van der Waals surface area contributed by atoms with Gasteiger partial charge in [-0.2, -0.15) is 0 Å². The van der Waals surface area contributed by atoms with Crippen LogP contribution in [-0.2, 0) is 4.74 Å². The SMILES string of the molecule is CC.C[C@@H]1OC(Oc2cc3oc(-c4ccc(O)cc4)cc(=O)c3c(O)c2O)[C@H](O)CC1O. The van der Waals surface area contributed by atoms with Crippen LogP contribution in [0.5, 0.6) is 23.0 Å². The van der Waals surface area contributed by atoms with Gasteiger partial charge in [-0.3, -0.25) is 4.79 Å². The number of ether oxygens (including phenoxy) is 2. The topological polar surface area (TPSA) is 150 Å². The van der Waals surface area contributed by atoms with Gasteiger partial charge in [0.15, 0.2) is 16.9 Å². The average molecular weight is 446 g/mol. The number of hydrogen-bond donors (Lipinski definition) is 5. The van der Waals surface area contributed by atoms with Crippen LogP contribution in [0, 0.1) is 0 Å². The summed E-state index contributed by atoms with van der Waals surface area (Å²) in [6.45, 7) is 5.60. The Labute approximate surface area is 183 Å². The first-order valence-corrected chi connectivity index (χ1v) is 10.2. The molecule has 9 nitrogen and oxygen atoms in total. The Hall–Kier alpha value is -3.27. The summed E-state index contributed by atoms with van der Waals surface area (Å²) in [5.41, 5.74) is -0.144. The van der Waals surface area contributed by atoms with Crippen molar-refractivity contribution < 1.29 is 39.4 Å². The summed E-state index contributed by atoms with van der Waals surface area (Å²) >= 11 is 0. The first kappa shape index (κ1) is 23.4. The lowest BCUT2D eigenvalue weighted by Gasteiger charge is -2.35. The van der Waals surface area contributed by atoms with Crippen LogP contribution in [0.25, 0.3) is 22.3 Å². The Balaban J connectivity index is 0.00000141. The fraction of sp³-hybridized carbons (Fsp3) is 0.348. The highest BCUT2D eigenvalue weighted by atomic mass is 16.7. The van der Waals surface area contributed by atoms with Gasteiger partial charge < -0.3 is 39.4 Å². The van der Waals surface area contributed by atoms with Crippen LogP contribution >= 0.6 is 0 Å². The molecule has 5 N–H and O–H groups in total. The van der Waals surface area contributed by atoms with Crippen molar-refractivity contribution in [3.63, 3.8) is 0 Å². The quantitative estimate of drug-likeness (QED) is 0.383. The molecule has 0 bridgehead atoms. The lowest BCUT2D eigenvalue weighted by molar-refractivity contribution is -0.229. The molecular formula is C23H26O9. The van der Waals surface area contributed by atoms with E-state index in [-0.39, 0.29) is 34.6 Å². The second-order valence-corrected chi connectivity index (χ2v) is 7.16. The highest BCUT2D eigenvalue weighted by molar-refractivity contribution is 5.89. The van der Waals surface area contributed by atoms with Crippen LogP contribution in [0.15, 0.2) is 45.6 Å². The van der Waals surface area contributed by atoms with Crippen LogP contribution in [0.1, 0.15) is 27.2 Å². The summed E-state index contributed by atoms with van der Waals surface area (Å²) in [6, 6.07) is 8.33. The van der Waals surface area contributed by atoms with Crippen molar-refractivity contribution in [2.75, 3.05) is 0 Å². The van der Waals surface area contributed by atoms with Gasteiger partial charge in [-0.15, -0.1) is 0 Å². The zero-order chi connectivity index (χ0) is 23.6. The van der Waals surface area contributed by atoms with Crippen molar-refractivity contribution >= 4 is 11.0 Å². The first-order chi connectivity index (χ1) is 15.2. The Bertz CT molecular complexity index is 1140. The van der Waals surface area contributed by atoms with Crippen LogP contribution < -0.4 is 10.2 Å². The third kappa shape index (κ3) is 4.50. The smallest absolute Gasteiger partial charge is 0.226 e. The van der Waals surface area contributed by atoms with Gasteiger partial charge in [0.05, 0.1) is 12.2 Å². The van der Waals surface area contributed by atoms with Crippen LogP contribution in [0.3, 0.4) is 0 Å². The maximum atomic E-state index is 12.5. The molecule has 1 fully saturated rings. The number of aromatic hydroxyl groups is 3. The number of benzene rings is 2. The van der Waals surface area contributed by atoms with E-state index in [9.17, 15) is 30.3 Å². The van der Waals surface area contributed by atoms with Gasteiger partial charge in [0, 0.05) is 24.1 Å². The number of aliphatic hydroxyl groups excluding tert-OH is 2. The van der Waals surface area contributed by atoms with E-state index in [2.05, 4.69) is 0 Å². The third-order valence-corrected chi connectivity index (χ3v) is 5.01. The Morgan fingerprint density at radius 2 is 1.62 bits per heavy atom. The van der Waals surface area contributed by atoms with Gasteiger partial charge >= 0.3 is 0 Å². The molecule has 0 aliphatic carbocycles. The highest BCUT2D eigenvalue weighted by Gasteiger charge is 2.36. The molecule has 9 heteroatoms. The number of phenols is 3. The number of aliphatic hydroxyl groups is 2. The summed E-state index contributed by atoms with van der Waals surface area (Å²) in [5, 5.41) is 49.7. The van der Waals surface area contributed by atoms with Gasteiger partial charge in [-0.1, -0.05) is 13.8 Å². The molecular weight excluding hydrogens is 420 g/mol. The number of hydrogen-bond acceptors (Lipinski definition) is 9. The van der Waals surface area contributed by atoms with E-state index in [1.165, 1.54) is 18.2 Å². The molecule has 0 spiro atoms. The van der Waals surface area contributed by atoms with E-state index in [4.69, 9.17) is 13.9 Å². The summed E-state index contributed by atoms with van der Waals surface area (Å²) in [4.78, 5) is 12.5. The predicted octanol–water partition coefficient (Wildman–Crippen LogP) is 2.84. The van der Waals surface area contributed by atoms with Gasteiger partial charge in [0.2, 0.25) is 12.0 Å². The van der Waals surface area contributed by atoms with Crippen molar-refractivity contribution in [2.24, 2.45) is 0 Å². The Morgan fingerprint density at radius 3 is 2.28 bits per heavy atom. The van der Waals surface area contributed by atoms with Crippen molar-refractivity contribution in [3.8, 4) is 34.3 Å². The van der Waals surface area contributed by atoms with Gasteiger partial charge in [0.25, 0.3) is 0 Å². The molecule has 3 aromatic rings. The molecule has 1 saturated heterocycles. The van der Waals surface area contributed by atoms with E-state index in [1.807, 2.05) is 13.8 Å². The van der Waals surface area contributed by atoms with Gasteiger partial charge in [-0.05, 0) is 31.2 Å². The maximum absolute atomic E-state index is 12.5. The lowest BCUT2D eigenvalue weighted by atomic mass is 10.0. The monoisotopic (exact) mass is 446 g/mol. The minimum absolute atomic E-state index is 0.00619. The molecule has 2 unspecified atom stereocenters. The molecule has 172 valence electrons. The maximum Gasteiger partial charge on any atom is 0.226 e. The zero-order valence-electron chi connectivity index (χ0n) is 17.8. The average Bonchev–Trinajstić information content (AvgIpc) is 2.77. The van der Waals surface area contributed by atoms with E-state index in [0.717, 1.165) is 6.07 Å². The Morgan fingerprint density at radius 1 is 0.969 bits per heavy atom. The summed E-state index contributed by atoms with van der Waals surface area (Å²) in [6.07, 6.45) is -3.87. The highest BCUT2D eigenvalue weighted by Crippen LogP contribution is 2.42. The fourth-order valence-electron chi connectivity index (χ4n) is 3.30. The van der Waals surface area contributed by atoms with Crippen LogP contribution in [-0.4, -0.2) is 50.1 Å². The summed E-state index contributed by atoms with van der Waals surface area (Å²) in [7, 11) is 0. The summed E-state index contributed by atoms with van der Waals surface area (Å²) < 4.78 is 16.7. The molecule has 0 saturated carbocycles. The van der Waals surface area contributed by atoms with Gasteiger partial charge in [0.1, 0.15) is 28.6 Å². The largest absolute Gasteiger partial charge is 0.508 e. The number of rotatable bonds is 3. The minimum Gasteiger partial charge on any atom is -0.508 e. The van der Waals surface area contributed by atoms with Crippen LogP contribution in [0.2, 0.25) is 0 Å². The molecule has 0 radical (unpaired) electrons. The molecule has 4 atom stereocenters. The second kappa shape index (κ2) is 9.47. The number of phenolic OH excluding ortho intramolecular Hbond substituents is 3. The predicted molar refractivity (Wildman–Crippen MR) is 116 cm³/mol. The molecule has 2 heterocycles. The van der Waals surface area contributed by atoms with Gasteiger partial charge in [-0.25, -0.2) is 0 Å². The number of fused-ring (bicyclic) bond motifs is 1. The lowest BCUT2D eigenvalue weighted by Crippen LogP contribution is -2.48. The van der Waals surface area contributed by atoms with Crippen LogP contribution in [0.4, 0.5) is 0 Å². The molecule has 2 aromatic carbocycles. The molecule has 1 aliphatic rings. The molecule has 1 aromatic heterocycles. The zero-order valence-corrected chi connectivity index (χ0v) is 17.8. The molecule has 1 aliphatic heterocycles. The molecule has 32 heavy (non-hydrogen) atoms. The van der Waals surface area contributed by atoms with Crippen molar-refractivity contribution in [1.82, 2.24) is 0 Å². The van der Waals surface area contributed by atoms with E-state index in [0.29, 0.717) is 5.56 Å². The second-order valence-electron chi connectivity index (χ2n) is 7.16.